The lowest BCUT2D eigenvalue weighted by molar-refractivity contribution is -0.115. The van der Waals surface area contributed by atoms with Crippen molar-refractivity contribution in [2.45, 2.75) is 13.1 Å². The van der Waals surface area contributed by atoms with Gasteiger partial charge in [-0.15, -0.1) is 0 Å². The number of alkyl halides is 2. The van der Waals surface area contributed by atoms with E-state index in [1.54, 1.807) is 18.2 Å². The Morgan fingerprint density at radius 2 is 2.21 bits per heavy atom. The average Bonchev–Trinajstić information content (AvgIpc) is 2.20. The molecule has 0 fully saturated rings. The second kappa shape index (κ2) is 5.47. The van der Waals surface area contributed by atoms with Crippen molar-refractivity contribution in [1.29, 1.82) is 0 Å². The van der Waals surface area contributed by atoms with E-state index in [1.165, 1.54) is 0 Å². The Balaban J connectivity index is 2.83. The summed E-state index contributed by atoms with van der Waals surface area (Å²) in [6.07, 6.45) is 0.288. The lowest BCUT2D eigenvalue weighted by atomic mass is 10.1. The maximum absolute atomic E-state index is 12.2. The van der Waals surface area contributed by atoms with Crippen LogP contribution in [-0.2, 0) is 17.9 Å². The minimum atomic E-state index is -0.535. The predicted molar refractivity (Wildman–Crippen MR) is 58.8 cm³/mol. The van der Waals surface area contributed by atoms with Gasteiger partial charge >= 0.3 is 0 Å². The predicted octanol–water partition coefficient (Wildman–Crippen LogP) is 3.32. The Bertz CT molecular complexity index is 341. The van der Waals surface area contributed by atoms with Crippen molar-refractivity contribution in [2.75, 3.05) is 5.33 Å². The first kappa shape index (κ1) is 11.7. The molecule has 0 spiro atoms. The van der Waals surface area contributed by atoms with E-state index in [-0.39, 0.29) is 12.2 Å². The highest BCUT2D eigenvalue weighted by Crippen LogP contribution is 2.19. The summed E-state index contributed by atoms with van der Waals surface area (Å²) in [4.78, 5) is 11.1. The van der Waals surface area contributed by atoms with Crippen LogP contribution < -0.4 is 0 Å². The van der Waals surface area contributed by atoms with Gasteiger partial charge in [0.1, 0.15) is 12.5 Å². The van der Waals surface area contributed by atoms with Gasteiger partial charge in [0.25, 0.3) is 0 Å². The summed E-state index contributed by atoms with van der Waals surface area (Å²) in [5.74, 6) is 0.0555. The van der Waals surface area contributed by atoms with E-state index in [1.807, 2.05) is 0 Å². The van der Waals surface area contributed by atoms with Gasteiger partial charge in [-0.1, -0.05) is 39.7 Å². The summed E-state index contributed by atoms with van der Waals surface area (Å²) in [6.45, 7) is -0.535. The normalized spacial score (nSPS) is 10.2. The maximum atomic E-state index is 12.2. The van der Waals surface area contributed by atoms with Crippen molar-refractivity contribution in [3.8, 4) is 0 Å². The largest absolute Gasteiger partial charge is 0.298 e. The molecule has 1 rings (SSSR count). The molecule has 14 heavy (non-hydrogen) atoms. The molecule has 0 aliphatic heterocycles. The molecule has 0 aliphatic rings. The number of Topliss-reactive ketones (excluding diaryl/α,β-unsaturated/α-hetero) is 1. The van der Waals surface area contributed by atoms with Gasteiger partial charge in [0.05, 0.1) is 5.33 Å². The number of hydrogen-bond acceptors (Lipinski definition) is 1. The second-order valence-corrected chi connectivity index (χ2v) is 3.88. The zero-order chi connectivity index (χ0) is 10.6. The molecule has 1 aromatic rings. The molecule has 4 heteroatoms. The van der Waals surface area contributed by atoms with Crippen LogP contribution in [0.1, 0.15) is 11.1 Å². The zero-order valence-electron chi connectivity index (χ0n) is 7.40. The number of carbonyl (C=O) groups is 1. The van der Waals surface area contributed by atoms with E-state index in [4.69, 9.17) is 11.6 Å². The van der Waals surface area contributed by atoms with E-state index in [2.05, 4.69) is 15.9 Å². The maximum Gasteiger partial charge on any atom is 0.147 e. The molecular weight excluding hydrogens is 270 g/mol. The van der Waals surface area contributed by atoms with Crippen LogP contribution in [0.3, 0.4) is 0 Å². The van der Waals surface area contributed by atoms with Gasteiger partial charge in [-0.05, 0) is 17.2 Å². The molecule has 1 aromatic carbocycles. The number of halogens is 3. The van der Waals surface area contributed by atoms with Gasteiger partial charge in [-0.3, -0.25) is 4.79 Å². The highest BCUT2D eigenvalue weighted by Gasteiger charge is 2.06. The molecule has 0 aliphatic carbocycles. The topological polar surface area (TPSA) is 17.1 Å². The molecule has 76 valence electrons. The van der Waals surface area contributed by atoms with Crippen molar-refractivity contribution >= 4 is 33.3 Å². The summed E-state index contributed by atoms with van der Waals surface area (Å²) in [6, 6.07) is 4.89. The summed E-state index contributed by atoms with van der Waals surface area (Å²) >= 11 is 8.95. The van der Waals surface area contributed by atoms with Crippen LogP contribution in [0.2, 0.25) is 5.02 Å². The number of benzene rings is 1. The first-order valence-electron chi connectivity index (χ1n) is 4.08. The van der Waals surface area contributed by atoms with Gasteiger partial charge in [0, 0.05) is 11.4 Å². The van der Waals surface area contributed by atoms with Gasteiger partial charge in [-0.25, -0.2) is 4.39 Å². The summed E-state index contributed by atoms with van der Waals surface area (Å²) < 4.78 is 12.2. The van der Waals surface area contributed by atoms with E-state index >= 15 is 0 Å². The molecule has 1 nitrogen and oxygen atoms in total. The van der Waals surface area contributed by atoms with Crippen molar-refractivity contribution < 1.29 is 9.18 Å². The molecule has 0 N–H and O–H groups in total. The van der Waals surface area contributed by atoms with Crippen molar-refractivity contribution in [3.05, 3.63) is 34.3 Å². The van der Waals surface area contributed by atoms with Crippen molar-refractivity contribution in [1.82, 2.24) is 0 Å². The van der Waals surface area contributed by atoms with E-state index in [0.717, 1.165) is 5.56 Å². The molecule has 0 saturated heterocycles. The smallest absolute Gasteiger partial charge is 0.147 e. The first-order valence-corrected chi connectivity index (χ1v) is 5.58. The third kappa shape index (κ3) is 3.07. The SMILES string of the molecule is O=C(CBr)Cc1ccc(CF)cc1Cl. The second-order valence-electron chi connectivity index (χ2n) is 2.91. The number of hydrogen-bond donors (Lipinski definition) is 0. The Hall–Kier alpha value is -0.410. The van der Waals surface area contributed by atoms with Gasteiger partial charge in [-0.2, -0.15) is 0 Å². The number of ketones is 1. The summed E-state index contributed by atoms with van der Waals surface area (Å²) in [5, 5.41) is 0.767. The van der Waals surface area contributed by atoms with Crippen LogP contribution in [0.25, 0.3) is 0 Å². The molecular formula is C10H9BrClFO. The Kier molecular flexibility index (Phi) is 4.55. The highest BCUT2D eigenvalue weighted by atomic mass is 79.9. The Morgan fingerprint density at radius 1 is 1.50 bits per heavy atom. The third-order valence-electron chi connectivity index (χ3n) is 1.81. The number of rotatable bonds is 4. The van der Waals surface area contributed by atoms with Crippen molar-refractivity contribution in [3.63, 3.8) is 0 Å². The lowest BCUT2D eigenvalue weighted by Gasteiger charge is -2.03. The molecule has 0 radical (unpaired) electrons. The van der Waals surface area contributed by atoms with Gasteiger partial charge in [0.2, 0.25) is 0 Å². The quantitative estimate of drug-likeness (QED) is 0.773. The van der Waals surface area contributed by atoms with Crippen molar-refractivity contribution in [2.24, 2.45) is 0 Å². The fraction of sp³-hybridized carbons (Fsp3) is 0.300. The minimum absolute atomic E-state index is 0.0555. The van der Waals surface area contributed by atoms with Crippen LogP contribution in [0.4, 0.5) is 4.39 Å². The Morgan fingerprint density at radius 3 is 2.71 bits per heavy atom. The fourth-order valence-corrected chi connectivity index (χ4v) is 1.55. The standard InChI is InChI=1S/C10H9BrClFO/c11-5-9(14)4-8-2-1-7(6-13)3-10(8)12/h1-3H,4-6H2. The molecule has 0 heterocycles. The van der Waals surface area contributed by atoms with Gasteiger partial charge in [0.15, 0.2) is 0 Å². The van der Waals surface area contributed by atoms with E-state index in [0.29, 0.717) is 15.9 Å². The molecule has 0 unspecified atom stereocenters. The fourth-order valence-electron chi connectivity index (χ4n) is 1.08. The highest BCUT2D eigenvalue weighted by molar-refractivity contribution is 9.09. The van der Waals surface area contributed by atoms with Crippen LogP contribution in [0.15, 0.2) is 18.2 Å². The van der Waals surface area contributed by atoms with Crippen LogP contribution in [-0.4, -0.2) is 11.1 Å². The molecule has 0 bridgehead atoms. The zero-order valence-corrected chi connectivity index (χ0v) is 9.74. The average molecular weight is 280 g/mol. The monoisotopic (exact) mass is 278 g/mol. The molecule has 0 aromatic heterocycles. The minimum Gasteiger partial charge on any atom is -0.298 e. The third-order valence-corrected chi connectivity index (χ3v) is 2.79. The van der Waals surface area contributed by atoms with Gasteiger partial charge < -0.3 is 0 Å². The summed E-state index contributed by atoms with van der Waals surface area (Å²) in [7, 11) is 0. The Labute approximate surface area is 95.4 Å². The van der Waals surface area contributed by atoms with Crippen LogP contribution >= 0.6 is 27.5 Å². The van der Waals surface area contributed by atoms with E-state index in [9.17, 15) is 9.18 Å². The molecule has 0 saturated carbocycles. The van der Waals surface area contributed by atoms with Crippen LogP contribution in [0.5, 0.6) is 0 Å². The first-order chi connectivity index (χ1) is 6.67. The van der Waals surface area contributed by atoms with E-state index < -0.39 is 6.67 Å². The molecule has 0 atom stereocenters. The molecule has 0 amide bonds. The number of carbonyl (C=O) groups excluding carboxylic acids is 1. The van der Waals surface area contributed by atoms with Crippen LogP contribution in [0, 0.1) is 0 Å². The summed E-state index contributed by atoms with van der Waals surface area (Å²) in [5.41, 5.74) is 1.28. The lowest BCUT2D eigenvalue weighted by Crippen LogP contribution is -2.04.